The number of ether oxygens (including phenoxy) is 2. The zero-order chi connectivity index (χ0) is 25.5. The van der Waals surface area contributed by atoms with Crippen molar-refractivity contribution in [3.05, 3.63) is 64.9 Å². The van der Waals surface area contributed by atoms with Crippen molar-refractivity contribution < 1.29 is 23.5 Å². The Bertz CT molecular complexity index is 1380. The number of carbonyl (C=O) groups is 2. The molecule has 0 fully saturated rings. The number of nitrogens with one attached hydrogen (secondary N) is 2. The Morgan fingerprint density at radius 3 is 2.64 bits per heavy atom. The first-order valence-electron chi connectivity index (χ1n) is 11.4. The zero-order valence-corrected chi connectivity index (χ0v) is 20.7. The molecule has 4 aromatic rings. The lowest BCUT2D eigenvalue weighted by molar-refractivity contribution is -0.116. The molecule has 0 unspecified atom stereocenters. The average Bonchev–Trinajstić information content (AvgIpc) is 3.39. The maximum atomic E-state index is 14.8. The molecule has 0 aliphatic heterocycles. The number of nitrogens with zero attached hydrogens (tertiary/aromatic N) is 2. The Morgan fingerprint density at radius 1 is 1.06 bits per heavy atom. The lowest BCUT2D eigenvalue weighted by atomic mass is 10.1. The number of hydrogen-bond acceptors (Lipinski definition) is 7. The van der Waals surface area contributed by atoms with E-state index in [-0.39, 0.29) is 23.4 Å². The molecule has 0 radical (unpaired) electrons. The average molecular weight is 509 g/mol. The van der Waals surface area contributed by atoms with Gasteiger partial charge in [-0.25, -0.2) is 14.4 Å². The summed E-state index contributed by atoms with van der Waals surface area (Å²) in [6.45, 7) is 1.74. The third kappa shape index (κ3) is 6.14. The molecule has 0 spiro atoms. The van der Waals surface area contributed by atoms with E-state index in [4.69, 9.17) is 9.47 Å². The summed E-state index contributed by atoms with van der Waals surface area (Å²) in [5.74, 6) is -0.571. The van der Waals surface area contributed by atoms with Crippen LogP contribution in [0.1, 0.15) is 31.7 Å². The second kappa shape index (κ2) is 11.6. The van der Waals surface area contributed by atoms with Crippen LogP contribution in [0.5, 0.6) is 17.4 Å². The molecule has 186 valence electrons. The van der Waals surface area contributed by atoms with E-state index in [2.05, 4.69) is 26.0 Å². The number of aromatic nitrogens is 2. The Morgan fingerprint density at radius 2 is 1.92 bits per heavy atom. The summed E-state index contributed by atoms with van der Waals surface area (Å²) in [7, 11) is 1.49. The minimum absolute atomic E-state index is 0.0691. The van der Waals surface area contributed by atoms with Crippen molar-refractivity contribution in [3.8, 4) is 17.4 Å². The number of anilines is 2. The Kier molecular flexibility index (Phi) is 8.06. The molecule has 0 saturated heterocycles. The Hall–Kier alpha value is -4.05. The molecular formula is C26H25FN4O4S. The van der Waals surface area contributed by atoms with E-state index in [1.54, 1.807) is 36.5 Å². The molecule has 2 N–H and O–H groups in total. The molecule has 2 aromatic heterocycles. The summed E-state index contributed by atoms with van der Waals surface area (Å²) in [5, 5.41) is 10.0. The number of halogens is 1. The molecule has 36 heavy (non-hydrogen) atoms. The highest BCUT2D eigenvalue weighted by Gasteiger charge is 2.15. The lowest BCUT2D eigenvalue weighted by Gasteiger charge is -2.13. The smallest absolute Gasteiger partial charge is 0.230 e. The Balaban J connectivity index is 1.48. The SMILES string of the molecule is CCC(=O)Nc1cc2c(Oc3ccc(NC(=O)CCCc4ccsc4)cc3F)ncnc2cc1OC. The maximum absolute atomic E-state index is 14.8. The van der Waals surface area contributed by atoms with Gasteiger partial charge in [-0.3, -0.25) is 9.59 Å². The first kappa shape index (κ1) is 25.1. The minimum Gasteiger partial charge on any atom is -0.494 e. The first-order chi connectivity index (χ1) is 17.5. The molecule has 0 aliphatic carbocycles. The van der Waals surface area contributed by atoms with Gasteiger partial charge in [-0.2, -0.15) is 11.3 Å². The van der Waals surface area contributed by atoms with Crippen molar-refractivity contribution in [1.82, 2.24) is 9.97 Å². The molecule has 0 atom stereocenters. The number of aryl methyl sites for hydroxylation is 1. The van der Waals surface area contributed by atoms with Crippen molar-refractivity contribution >= 4 is 45.4 Å². The van der Waals surface area contributed by atoms with E-state index in [1.165, 1.54) is 31.1 Å². The summed E-state index contributed by atoms with van der Waals surface area (Å²) < 4.78 is 26.0. The number of rotatable bonds is 10. The number of amides is 2. The summed E-state index contributed by atoms with van der Waals surface area (Å²) in [6, 6.07) is 9.49. The van der Waals surface area contributed by atoms with E-state index in [9.17, 15) is 14.0 Å². The van der Waals surface area contributed by atoms with Crippen molar-refractivity contribution in [2.75, 3.05) is 17.7 Å². The molecule has 2 aromatic carbocycles. The molecule has 4 rings (SSSR count). The fourth-order valence-corrected chi connectivity index (χ4v) is 4.23. The van der Waals surface area contributed by atoms with Gasteiger partial charge in [-0.1, -0.05) is 6.92 Å². The normalized spacial score (nSPS) is 10.8. The van der Waals surface area contributed by atoms with Gasteiger partial charge in [0, 0.05) is 30.7 Å². The monoisotopic (exact) mass is 508 g/mol. The van der Waals surface area contributed by atoms with Crippen LogP contribution < -0.4 is 20.1 Å². The van der Waals surface area contributed by atoms with E-state index in [0.717, 1.165) is 6.42 Å². The molecule has 2 heterocycles. The molecule has 0 saturated carbocycles. The van der Waals surface area contributed by atoms with E-state index < -0.39 is 5.82 Å². The molecule has 0 bridgehead atoms. The molecular weight excluding hydrogens is 483 g/mol. The van der Waals surface area contributed by atoms with Crippen LogP contribution >= 0.6 is 11.3 Å². The zero-order valence-electron chi connectivity index (χ0n) is 19.8. The quantitative estimate of drug-likeness (QED) is 0.275. The van der Waals surface area contributed by atoms with Crippen LogP contribution in [0.3, 0.4) is 0 Å². The van der Waals surface area contributed by atoms with Gasteiger partial charge in [0.1, 0.15) is 12.1 Å². The maximum Gasteiger partial charge on any atom is 0.230 e. The van der Waals surface area contributed by atoms with Crippen LogP contribution in [0.25, 0.3) is 10.9 Å². The van der Waals surface area contributed by atoms with Crippen LogP contribution in [-0.4, -0.2) is 28.9 Å². The minimum atomic E-state index is -0.661. The van der Waals surface area contributed by atoms with E-state index >= 15 is 0 Å². The van der Waals surface area contributed by atoms with Gasteiger partial charge >= 0.3 is 0 Å². The number of fused-ring (bicyclic) bond motifs is 1. The van der Waals surface area contributed by atoms with E-state index in [0.29, 0.717) is 47.3 Å². The van der Waals surface area contributed by atoms with Crippen LogP contribution in [-0.2, 0) is 16.0 Å². The topological polar surface area (TPSA) is 102 Å². The lowest BCUT2D eigenvalue weighted by Crippen LogP contribution is -2.11. The van der Waals surface area contributed by atoms with Gasteiger partial charge in [0.15, 0.2) is 11.6 Å². The molecule has 2 amide bonds. The highest BCUT2D eigenvalue weighted by molar-refractivity contribution is 7.07. The summed E-state index contributed by atoms with van der Waals surface area (Å²) in [5.41, 5.74) is 2.46. The van der Waals surface area contributed by atoms with Gasteiger partial charge in [-0.05, 0) is 53.4 Å². The number of hydrogen-bond donors (Lipinski definition) is 2. The van der Waals surface area contributed by atoms with Crippen LogP contribution in [0.4, 0.5) is 15.8 Å². The predicted molar refractivity (Wildman–Crippen MR) is 137 cm³/mol. The van der Waals surface area contributed by atoms with Crippen LogP contribution in [0, 0.1) is 5.82 Å². The van der Waals surface area contributed by atoms with Gasteiger partial charge in [0.25, 0.3) is 0 Å². The van der Waals surface area contributed by atoms with Gasteiger partial charge in [-0.15, -0.1) is 0 Å². The number of thiophene rings is 1. The van der Waals surface area contributed by atoms with Crippen LogP contribution in [0.15, 0.2) is 53.5 Å². The summed E-state index contributed by atoms with van der Waals surface area (Å²) in [6.07, 6.45) is 3.45. The fourth-order valence-electron chi connectivity index (χ4n) is 3.52. The second-order valence-corrected chi connectivity index (χ2v) is 8.71. The molecule has 10 heteroatoms. The number of methoxy groups -OCH3 is 1. The first-order valence-corrected chi connectivity index (χ1v) is 12.3. The summed E-state index contributed by atoms with van der Waals surface area (Å²) >= 11 is 1.63. The van der Waals surface area contributed by atoms with Gasteiger partial charge < -0.3 is 20.1 Å². The third-order valence-electron chi connectivity index (χ3n) is 5.39. The van der Waals surface area contributed by atoms with Crippen LogP contribution in [0.2, 0.25) is 0 Å². The second-order valence-electron chi connectivity index (χ2n) is 7.93. The highest BCUT2D eigenvalue weighted by atomic mass is 32.1. The largest absolute Gasteiger partial charge is 0.494 e. The van der Waals surface area contributed by atoms with Crippen molar-refractivity contribution in [1.29, 1.82) is 0 Å². The number of carbonyl (C=O) groups excluding carboxylic acids is 2. The molecule has 0 aliphatic rings. The third-order valence-corrected chi connectivity index (χ3v) is 6.12. The predicted octanol–water partition coefficient (Wildman–Crippen LogP) is 5.94. The van der Waals surface area contributed by atoms with Crippen molar-refractivity contribution in [2.45, 2.75) is 32.6 Å². The van der Waals surface area contributed by atoms with Gasteiger partial charge in [0.05, 0.1) is 23.7 Å². The van der Waals surface area contributed by atoms with E-state index in [1.807, 2.05) is 11.4 Å². The summed E-state index contributed by atoms with van der Waals surface area (Å²) in [4.78, 5) is 32.5. The molecule has 8 nitrogen and oxygen atoms in total. The van der Waals surface area contributed by atoms with Gasteiger partial charge in [0.2, 0.25) is 17.7 Å². The Labute approximate surface area is 211 Å². The highest BCUT2D eigenvalue weighted by Crippen LogP contribution is 2.35. The standard InChI is InChI=1S/C26H25FN4O4S/c1-3-24(32)31-21-12-18-20(13-23(21)34-2)28-15-29-26(18)35-22-8-7-17(11-19(22)27)30-25(33)6-4-5-16-9-10-36-14-16/h7-15H,3-6H2,1-2H3,(H,30,33)(H,31,32). The number of benzene rings is 2. The van der Waals surface area contributed by atoms with Crippen molar-refractivity contribution in [2.24, 2.45) is 0 Å². The van der Waals surface area contributed by atoms with Crippen molar-refractivity contribution in [3.63, 3.8) is 0 Å². The fraction of sp³-hybridized carbons (Fsp3) is 0.231.